The molecule has 3 N–H and O–H groups in total. The van der Waals surface area contributed by atoms with E-state index in [2.05, 4.69) is 15.5 Å². The van der Waals surface area contributed by atoms with Crippen molar-refractivity contribution in [2.24, 2.45) is 10.2 Å². The molecule has 2 aromatic rings. The van der Waals surface area contributed by atoms with E-state index >= 15 is 0 Å². The molecule has 1 aliphatic heterocycles. The molecule has 138 valence electrons. The maximum atomic E-state index is 11.6. The van der Waals surface area contributed by atoms with Gasteiger partial charge in [0.1, 0.15) is 5.25 Å². The van der Waals surface area contributed by atoms with Gasteiger partial charge in [-0.1, -0.05) is 54.2 Å². The normalized spacial score (nSPS) is 18.2. The van der Waals surface area contributed by atoms with Crippen LogP contribution in [0.5, 0.6) is 0 Å². The topological polar surface area (TPSA) is 111 Å². The molecule has 27 heavy (non-hydrogen) atoms. The highest BCUT2D eigenvalue weighted by molar-refractivity contribution is 8.15. The lowest BCUT2D eigenvalue weighted by Crippen LogP contribution is -2.26. The number of amides is 1. The molecule has 1 fully saturated rings. The number of carboxylic acid groups (broad SMARTS) is 1. The van der Waals surface area contributed by atoms with Gasteiger partial charge in [0, 0.05) is 0 Å². The largest absolute Gasteiger partial charge is 0.481 e. The number of thioether (sulfide) groups is 1. The molecule has 0 bridgehead atoms. The van der Waals surface area contributed by atoms with Crippen LogP contribution in [0.2, 0.25) is 0 Å². The molecule has 0 saturated carbocycles. The summed E-state index contributed by atoms with van der Waals surface area (Å²) in [4.78, 5) is 22.3. The molecule has 7 nitrogen and oxygen atoms in total. The number of benzene rings is 2. The number of carboxylic acids is 1. The fourth-order valence-corrected chi connectivity index (χ4v) is 3.42. The van der Waals surface area contributed by atoms with E-state index in [9.17, 15) is 14.7 Å². The van der Waals surface area contributed by atoms with Crippen molar-refractivity contribution in [3.63, 3.8) is 0 Å². The number of rotatable bonds is 6. The first-order valence-electron chi connectivity index (χ1n) is 8.16. The number of carbonyl (C=O) groups excluding carboxylic acids is 1. The number of hydrogen-bond acceptors (Lipinski definition) is 6. The number of amidine groups is 1. The fourth-order valence-electron chi connectivity index (χ4n) is 2.50. The van der Waals surface area contributed by atoms with Crippen LogP contribution < -0.4 is 5.32 Å². The predicted molar refractivity (Wildman–Crippen MR) is 105 cm³/mol. The summed E-state index contributed by atoms with van der Waals surface area (Å²) in [7, 11) is 0. The van der Waals surface area contributed by atoms with Crippen molar-refractivity contribution in [3.05, 3.63) is 59.7 Å². The first-order valence-corrected chi connectivity index (χ1v) is 9.03. The van der Waals surface area contributed by atoms with Crippen molar-refractivity contribution < 1.29 is 19.8 Å². The molecule has 0 aromatic heterocycles. The lowest BCUT2D eigenvalue weighted by Gasteiger charge is -2.04. The summed E-state index contributed by atoms with van der Waals surface area (Å²) in [6.45, 7) is 0.000785. The van der Waals surface area contributed by atoms with Crippen molar-refractivity contribution in [2.45, 2.75) is 18.3 Å². The molecule has 1 amide bonds. The van der Waals surface area contributed by atoms with Crippen molar-refractivity contribution in [3.8, 4) is 11.1 Å². The highest BCUT2D eigenvalue weighted by Gasteiger charge is 2.32. The molecular formula is C19H17N3O4S. The molecule has 1 saturated heterocycles. The van der Waals surface area contributed by atoms with E-state index in [1.54, 1.807) is 6.21 Å². The Morgan fingerprint density at radius 2 is 1.96 bits per heavy atom. The van der Waals surface area contributed by atoms with Gasteiger partial charge in [0.25, 0.3) is 0 Å². The van der Waals surface area contributed by atoms with Crippen LogP contribution in [0.15, 0.2) is 58.7 Å². The maximum absolute atomic E-state index is 11.6. The van der Waals surface area contributed by atoms with Crippen molar-refractivity contribution in [2.75, 3.05) is 0 Å². The van der Waals surface area contributed by atoms with Crippen molar-refractivity contribution in [1.82, 2.24) is 5.32 Å². The SMILES string of the molecule is O=C(O)CC1SC(=NN=Cc2ccc(-c3cccc(CO)c3)cc2)NC1=O. The van der Waals surface area contributed by atoms with Crippen LogP contribution >= 0.6 is 11.8 Å². The van der Waals surface area contributed by atoms with Gasteiger partial charge in [-0.05, 0) is 28.3 Å². The Morgan fingerprint density at radius 3 is 2.67 bits per heavy atom. The van der Waals surface area contributed by atoms with Gasteiger partial charge in [-0.2, -0.15) is 5.10 Å². The van der Waals surface area contributed by atoms with E-state index in [0.29, 0.717) is 5.17 Å². The highest BCUT2D eigenvalue weighted by atomic mass is 32.2. The van der Waals surface area contributed by atoms with Crippen LogP contribution in [0.3, 0.4) is 0 Å². The minimum atomic E-state index is -1.03. The number of aliphatic hydroxyl groups excluding tert-OH is 1. The number of carbonyl (C=O) groups is 2. The van der Waals surface area contributed by atoms with Crippen molar-refractivity contribution >= 4 is 35.0 Å². The molecule has 1 heterocycles. The number of aliphatic carboxylic acids is 1. The standard InChI is InChI=1S/C19H17N3O4S/c23-11-13-2-1-3-15(8-13)14-6-4-12(5-7-14)10-20-22-19-21-18(26)16(27-19)9-17(24)25/h1-8,10,16,23H,9,11H2,(H,24,25)(H,21,22,26). The zero-order valence-electron chi connectivity index (χ0n) is 14.2. The first kappa shape index (κ1) is 18.8. The zero-order chi connectivity index (χ0) is 19.2. The second-order valence-electron chi connectivity index (χ2n) is 5.82. The fraction of sp³-hybridized carbons (Fsp3) is 0.158. The number of nitrogens with zero attached hydrogens (tertiary/aromatic N) is 2. The molecule has 0 aliphatic carbocycles. The average molecular weight is 383 g/mol. The van der Waals surface area contributed by atoms with Gasteiger partial charge in [0.2, 0.25) is 5.91 Å². The van der Waals surface area contributed by atoms with E-state index in [1.807, 2.05) is 48.5 Å². The summed E-state index contributed by atoms with van der Waals surface area (Å²) in [6, 6.07) is 15.3. The average Bonchev–Trinajstić information content (AvgIpc) is 3.01. The second kappa shape index (κ2) is 8.61. The predicted octanol–water partition coefficient (Wildman–Crippen LogP) is 2.24. The molecule has 1 unspecified atom stereocenters. The lowest BCUT2D eigenvalue weighted by atomic mass is 10.0. The monoisotopic (exact) mass is 383 g/mol. The summed E-state index contributed by atoms with van der Waals surface area (Å²) < 4.78 is 0. The van der Waals surface area contributed by atoms with E-state index in [4.69, 9.17) is 5.11 Å². The van der Waals surface area contributed by atoms with Gasteiger partial charge in [-0.3, -0.25) is 9.59 Å². The molecule has 3 rings (SSSR count). The minimum Gasteiger partial charge on any atom is -0.481 e. The Morgan fingerprint density at radius 1 is 1.19 bits per heavy atom. The molecule has 0 radical (unpaired) electrons. The third kappa shape index (κ3) is 5.02. The second-order valence-corrected chi connectivity index (χ2v) is 7.02. The third-order valence-electron chi connectivity index (χ3n) is 3.85. The van der Waals surface area contributed by atoms with E-state index in [0.717, 1.165) is 34.0 Å². The maximum Gasteiger partial charge on any atom is 0.305 e. The summed E-state index contributed by atoms with van der Waals surface area (Å²) in [5.41, 5.74) is 3.72. The van der Waals surface area contributed by atoms with Crippen LogP contribution in [0.1, 0.15) is 17.5 Å². The number of aliphatic hydroxyl groups is 1. The van der Waals surface area contributed by atoms with Gasteiger partial charge in [0.05, 0.1) is 19.2 Å². The van der Waals surface area contributed by atoms with Crippen LogP contribution in [0, 0.1) is 0 Å². The van der Waals surface area contributed by atoms with E-state index in [1.165, 1.54) is 0 Å². The molecule has 1 atom stereocenters. The quantitative estimate of drug-likeness (QED) is 0.523. The van der Waals surface area contributed by atoms with E-state index in [-0.39, 0.29) is 18.9 Å². The van der Waals surface area contributed by atoms with Crippen LogP contribution in [0.4, 0.5) is 0 Å². The smallest absolute Gasteiger partial charge is 0.305 e. The molecule has 1 aliphatic rings. The Kier molecular flexibility index (Phi) is 6.00. The highest BCUT2D eigenvalue weighted by Crippen LogP contribution is 2.23. The van der Waals surface area contributed by atoms with Gasteiger partial charge in [0.15, 0.2) is 5.17 Å². The van der Waals surface area contributed by atoms with Crippen molar-refractivity contribution in [1.29, 1.82) is 0 Å². The molecular weight excluding hydrogens is 366 g/mol. The molecule has 0 spiro atoms. The molecule has 8 heteroatoms. The van der Waals surface area contributed by atoms with Crippen LogP contribution in [0.25, 0.3) is 11.1 Å². The Labute approximate surface area is 159 Å². The minimum absolute atomic E-state index is 0.000785. The summed E-state index contributed by atoms with van der Waals surface area (Å²) in [6.07, 6.45) is 1.30. The van der Waals surface area contributed by atoms with Gasteiger partial charge < -0.3 is 15.5 Å². The van der Waals surface area contributed by atoms with E-state index < -0.39 is 11.2 Å². The van der Waals surface area contributed by atoms with Crippen LogP contribution in [-0.2, 0) is 16.2 Å². The number of hydrogen-bond donors (Lipinski definition) is 3. The number of nitrogens with one attached hydrogen (secondary N) is 1. The first-order chi connectivity index (χ1) is 13.0. The Hall–Kier alpha value is -2.97. The van der Waals surface area contributed by atoms with Gasteiger partial charge >= 0.3 is 5.97 Å². The summed E-state index contributed by atoms with van der Waals surface area (Å²) in [5, 5.41) is 28.0. The molecule has 2 aromatic carbocycles. The lowest BCUT2D eigenvalue weighted by molar-refractivity contribution is -0.138. The van der Waals surface area contributed by atoms with Gasteiger partial charge in [-0.25, -0.2) is 0 Å². The zero-order valence-corrected chi connectivity index (χ0v) is 15.0. The Balaban J connectivity index is 1.64. The third-order valence-corrected chi connectivity index (χ3v) is 4.92. The van der Waals surface area contributed by atoms with Crippen LogP contribution in [-0.4, -0.2) is 38.7 Å². The summed E-state index contributed by atoms with van der Waals surface area (Å²) >= 11 is 1.06. The van der Waals surface area contributed by atoms with Gasteiger partial charge in [-0.15, -0.1) is 5.10 Å². The summed E-state index contributed by atoms with van der Waals surface area (Å²) in [5.74, 6) is -1.40. The Bertz CT molecular complexity index is 909.